The van der Waals surface area contributed by atoms with Crippen molar-refractivity contribution in [2.24, 2.45) is 5.92 Å². The highest BCUT2D eigenvalue weighted by molar-refractivity contribution is 5.83. The van der Waals surface area contributed by atoms with Crippen molar-refractivity contribution in [1.82, 2.24) is 4.90 Å². The second kappa shape index (κ2) is 6.06. The second-order valence-corrected chi connectivity index (χ2v) is 5.46. The first-order valence-corrected chi connectivity index (χ1v) is 6.91. The van der Waals surface area contributed by atoms with Crippen molar-refractivity contribution in [3.8, 4) is 0 Å². The van der Waals surface area contributed by atoms with Gasteiger partial charge in [0.25, 0.3) is 0 Å². The largest absolute Gasteiger partial charge is 0.481 e. The van der Waals surface area contributed by atoms with Crippen molar-refractivity contribution in [1.29, 1.82) is 0 Å². The van der Waals surface area contributed by atoms with E-state index in [1.54, 1.807) is 6.92 Å². The molecular formula is C17H21NO2. The summed E-state index contributed by atoms with van der Waals surface area (Å²) in [7, 11) is 1.97. The van der Waals surface area contributed by atoms with Gasteiger partial charge in [0.2, 0.25) is 0 Å². The Labute approximate surface area is 119 Å². The fourth-order valence-electron chi connectivity index (χ4n) is 2.39. The topological polar surface area (TPSA) is 40.5 Å². The van der Waals surface area contributed by atoms with Gasteiger partial charge in [0, 0.05) is 12.6 Å². The van der Waals surface area contributed by atoms with Gasteiger partial charge >= 0.3 is 5.97 Å². The van der Waals surface area contributed by atoms with Gasteiger partial charge in [-0.3, -0.25) is 9.69 Å². The van der Waals surface area contributed by atoms with E-state index in [2.05, 4.69) is 42.2 Å². The molecule has 3 nitrogen and oxygen atoms in total. The number of carboxylic acids is 1. The molecule has 2 unspecified atom stereocenters. The third kappa shape index (κ3) is 3.17. The van der Waals surface area contributed by atoms with Gasteiger partial charge in [0.15, 0.2) is 0 Å². The van der Waals surface area contributed by atoms with E-state index in [4.69, 9.17) is 5.11 Å². The summed E-state index contributed by atoms with van der Waals surface area (Å²) in [5, 5.41) is 11.4. The van der Waals surface area contributed by atoms with Crippen LogP contribution in [0.2, 0.25) is 0 Å². The molecule has 106 valence electrons. The quantitative estimate of drug-likeness (QED) is 0.904. The van der Waals surface area contributed by atoms with Crippen LogP contribution in [-0.2, 0) is 4.79 Å². The number of fused-ring (bicyclic) bond motifs is 1. The molecule has 0 aliphatic heterocycles. The van der Waals surface area contributed by atoms with Crippen LogP contribution in [0.15, 0.2) is 42.5 Å². The third-order valence-electron chi connectivity index (χ3n) is 3.90. The first-order chi connectivity index (χ1) is 9.49. The Kier molecular flexibility index (Phi) is 4.40. The molecule has 0 heterocycles. The van der Waals surface area contributed by atoms with E-state index in [0.717, 1.165) is 0 Å². The van der Waals surface area contributed by atoms with Crippen molar-refractivity contribution in [3.05, 3.63) is 48.0 Å². The summed E-state index contributed by atoms with van der Waals surface area (Å²) in [5.74, 6) is -1.11. The second-order valence-electron chi connectivity index (χ2n) is 5.46. The van der Waals surface area contributed by atoms with Crippen molar-refractivity contribution >= 4 is 16.7 Å². The minimum Gasteiger partial charge on any atom is -0.481 e. The number of nitrogens with zero attached hydrogens (tertiary/aromatic N) is 1. The van der Waals surface area contributed by atoms with Crippen LogP contribution in [0.25, 0.3) is 10.8 Å². The molecule has 0 fully saturated rings. The van der Waals surface area contributed by atoms with Gasteiger partial charge in [-0.05, 0) is 36.4 Å². The molecule has 2 rings (SSSR count). The van der Waals surface area contributed by atoms with Crippen molar-refractivity contribution < 1.29 is 9.90 Å². The Balaban J connectivity index is 2.17. The first-order valence-electron chi connectivity index (χ1n) is 6.91. The van der Waals surface area contributed by atoms with Gasteiger partial charge in [0.05, 0.1) is 5.92 Å². The van der Waals surface area contributed by atoms with Crippen LogP contribution in [0.4, 0.5) is 0 Å². The van der Waals surface area contributed by atoms with E-state index in [9.17, 15) is 4.79 Å². The summed E-state index contributed by atoms with van der Waals surface area (Å²) in [5.41, 5.74) is 1.21. The summed E-state index contributed by atoms with van der Waals surface area (Å²) in [6.45, 7) is 4.40. The molecule has 0 aliphatic rings. The molecule has 2 aromatic carbocycles. The van der Waals surface area contributed by atoms with Gasteiger partial charge in [-0.15, -0.1) is 0 Å². The molecule has 0 spiro atoms. The predicted octanol–water partition coefficient (Wildman–Crippen LogP) is 3.55. The van der Waals surface area contributed by atoms with Crippen LogP contribution >= 0.6 is 0 Å². The number of hydrogen-bond donors (Lipinski definition) is 1. The Hall–Kier alpha value is -1.87. The molecular weight excluding hydrogens is 250 g/mol. The van der Waals surface area contributed by atoms with Gasteiger partial charge < -0.3 is 5.11 Å². The molecule has 0 aromatic heterocycles. The van der Waals surface area contributed by atoms with E-state index in [1.807, 2.05) is 19.2 Å². The van der Waals surface area contributed by atoms with Crippen LogP contribution < -0.4 is 0 Å². The maximum atomic E-state index is 10.9. The lowest BCUT2D eigenvalue weighted by atomic mass is 10.0. The fourth-order valence-corrected chi connectivity index (χ4v) is 2.39. The van der Waals surface area contributed by atoms with Crippen molar-refractivity contribution in [2.45, 2.75) is 19.9 Å². The lowest BCUT2D eigenvalue weighted by Crippen LogP contribution is -2.30. The minimum absolute atomic E-state index is 0.196. The molecule has 2 aromatic rings. The van der Waals surface area contributed by atoms with E-state index in [1.165, 1.54) is 16.3 Å². The first kappa shape index (κ1) is 14.5. The fraction of sp³-hybridized carbons (Fsp3) is 0.353. The number of rotatable bonds is 5. The maximum absolute atomic E-state index is 10.9. The van der Waals surface area contributed by atoms with E-state index < -0.39 is 5.97 Å². The smallest absolute Gasteiger partial charge is 0.307 e. The molecule has 0 aliphatic carbocycles. The Morgan fingerprint density at radius 3 is 2.45 bits per heavy atom. The van der Waals surface area contributed by atoms with Gasteiger partial charge in [-0.2, -0.15) is 0 Å². The summed E-state index contributed by atoms with van der Waals surface area (Å²) in [6.07, 6.45) is 0. The molecule has 2 atom stereocenters. The summed E-state index contributed by atoms with van der Waals surface area (Å²) < 4.78 is 0. The summed E-state index contributed by atoms with van der Waals surface area (Å²) in [6, 6.07) is 14.9. The Morgan fingerprint density at radius 2 is 1.80 bits per heavy atom. The van der Waals surface area contributed by atoms with Crippen LogP contribution in [0, 0.1) is 5.92 Å². The van der Waals surface area contributed by atoms with Crippen LogP contribution in [-0.4, -0.2) is 29.6 Å². The Bertz CT molecular complexity index is 609. The van der Waals surface area contributed by atoms with E-state index >= 15 is 0 Å². The Morgan fingerprint density at radius 1 is 1.15 bits per heavy atom. The predicted molar refractivity (Wildman–Crippen MR) is 81.8 cm³/mol. The summed E-state index contributed by atoms with van der Waals surface area (Å²) in [4.78, 5) is 13.0. The zero-order valence-electron chi connectivity index (χ0n) is 12.2. The van der Waals surface area contributed by atoms with Crippen molar-refractivity contribution in [2.75, 3.05) is 13.6 Å². The number of benzene rings is 2. The standard InChI is InChI=1S/C17H21NO2/c1-12(17(19)20)11-18(3)13(2)15-9-8-14-6-4-5-7-16(14)10-15/h4-10,12-13H,11H2,1-3H3,(H,19,20). The molecule has 0 amide bonds. The molecule has 0 radical (unpaired) electrons. The van der Waals surface area contributed by atoms with E-state index in [-0.39, 0.29) is 12.0 Å². The molecule has 0 saturated carbocycles. The minimum atomic E-state index is -0.748. The monoisotopic (exact) mass is 271 g/mol. The third-order valence-corrected chi connectivity index (χ3v) is 3.90. The number of carboxylic acid groups (broad SMARTS) is 1. The van der Waals surface area contributed by atoms with Crippen LogP contribution in [0.5, 0.6) is 0 Å². The molecule has 20 heavy (non-hydrogen) atoms. The van der Waals surface area contributed by atoms with Crippen LogP contribution in [0.3, 0.4) is 0 Å². The van der Waals surface area contributed by atoms with Crippen molar-refractivity contribution in [3.63, 3.8) is 0 Å². The van der Waals surface area contributed by atoms with Gasteiger partial charge in [-0.1, -0.05) is 43.3 Å². The number of aliphatic carboxylic acids is 1. The zero-order valence-corrected chi connectivity index (χ0v) is 12.2. The lowest BCUT2D eigenvalue weighted by Gasteiger charge is -2.26. The molecule has 0 saturated heterocycles. The van der Waals surface area contributed by atoms with Gasteiger partial charge in [-0.25, -0.2) is 0 Å². The SMILES string of the molecule is CC(CN(C)C(C)c1ccc2ccccc2c1)C(=O)O. The van der Waals surface area contributed by atoms with Crippen LogP contribution in [0.1, 0.15) is 25.5 Å². The molecule has 0 bridgehead atoms. The zero-order chi connectivity index (χ0) is 14.7. The highest BCUT2D eigenvalue weighted by atomic mass is 16.4. The highest BCUT2D eigenvalue weighted by Gasteiger charge is 2.18. The summed E-state index contributed by atoms with van der Waals surface area (Å²) >= 11 is 0. The molecule has 3 heteroatoms. The van der Waals surface area contributed by atoms with E-state index in [0.29, 0.717) is 6.54 Å². The average Bonchev–Trinajstić information content (AvgIpc) is 2.45. The number of hydrogen-bond acceptors (Lipinski definition) is 2. The molecule has 1 N–H and O–H groups in total. The van der Waals surface area contributed by atoms with Gasteiger partial charge in [0.1, 0.15) is 0 Å². The lowest BCUT2D eigenvalue weighted by molar-refractivity contribution is -0.141. The highest BCUT2D eigenvalue weighted by Crippen LogP contribution is 2.24. The normalized spacial score (nSPS) is 14.4. The average molecular weight is 271 g/mol. The maximum Gasteiger partial charge on any atom is 0.307 e. The number of carbonyl (C=O) groups is 1.